The van der Waals surface area contributed by atoms with Crippen LogP contribution in [-0.4, -0.2) is 32.0 Å². The molecule has 1 aliphatic rings. The number of hydrogen-bond donors (Lipinski definition) is 1. The van der Waals surface area contributed by atoms with Gasteiger partial charge in [-0.15, -0.1) is 0 Å². The van der Waals surface area contributed by atoms with E-state index in [1.165, 1.54) is 0 Å². The van der Waals surface area contributed by atoms with Gasteiger partial charge in [-0.1, -0.05) is 6.07 Å². The topological polar surface area (TPSA) is 61.9 Å². The Morgan fingerprint density at radius 1 is 1.47 bits per heavy atom. The molecule has 1 fully saturated rings. The lowest BCUT2D eigenvalue weighted by atomic mass is 10.2. The average molecular weight is 256 g/mol. The van der Waals surface area contributed by atoms with Crippen LogP contribution in [0.3, 0.4) is 0 Å². The Balaban J connectivity index is 1.79. The van der Waals surface area contributed by atoms with E-state index in [2.05, 4.69) is 15.2 Å². The van der Waals surface area contributed by atoms with Crippen LogP contribution >= 0.6 is 0 Å². The zero-order chi connectivity index (χ0) is 13.2. The third-order valence-corrected chi connectivity index (χ3v) is 3.23. The van der Waals surface area contributed by atoms with Gasteiger partial charge >= 0.3 is 0 Å². The number of aromatic nitrogens is 3. The Morgan fingerprint density at radius 2 is 2.32 bits per heavy atom. The molecule has 3 rings (SSSR count). The second-order valence-electron chi connectivity index (χ2n) is 4.92. The van der Waals surface area contributed by atoms with Gasteiger partial charge in [0, 0.05) is 17.9 Å². The molecule has 2 aromatic heterocycles. The summed E-state index contributed by atoms with van der Waals surface area (Å²) in [5, 5.41) is 6.87. The highest BCUT2D eigenvalue weighted by Crippen LogP contribution is 2.29. The first-order valence-electron chi connectivity index (χ1n) is 6.47. The number of amides is 1. The standard InChI is InChI=1S/C14H16N4O/c1-10-8-13(17-16-10)14(19)18(12-5-6-12)9-11-4-2-3-7-15-11/h2-4,7-8,12H,5-6,9H2,1H3,(H,16,17). The molecule has 0 unspecified atom stereocenters. The Bertz CT molecular complexity index is 574. The van der Waals surface area contributed by atoms with E-state index in [1.54, 1.807) is 12.3 Å². The van der Waals surface area contributed by atoms with E-state index in [-0.39, 0.29) is 5.91 Å². The van der Waals surface area contributed by atoms with Crippen molar-refractivity contribution in [3.05, 3.63) is 47.5 Å². The van der Waals surface area contributed by atoms with Crippen molar-refractivity contribution in [1.29, 1.82) is 0 Å². The summed E-state index contributed by atoms with van der Waals surface area (Å²) in [6.45, 7) is 2.44. The number of hydrogen-bond acceptors (Lipinski definition) is 3. The van der Waals surface area contributed by atoms with Crippen molar-refractivity contribution in [3.8, 4) is 0 Å². The summed E-state index contributed by atoms with van der Waals surface area (Å²) in [4.78, 5) is 18.6. The van der Waals surface area contributed by atoms with Crippen LogP contribution in [0.1, 0.15) is 34.7 Å². The van der Waals surface area contributed by atoms with E-state index in [4.69, 9.17) is 0 Å². The third kappa shape index (κ3) is 2.65. The molecule has 1 aliphatic carbocycles. The molecule has 98 valence electrons. The highest BCUT2D eigenvalue weighted by atomic mass is 16.2. The average Bonchev–Trinajstić information content (AvgIpc) is 3.18. The molecule has 2 aromatic rings. The van der Waals surface area contributed by atoms with Crippen LogP contribution < -0.4 is 0 Å². The lowest BCUT2D eigenvalue weighted by Gasteiger charge is -2.20. The molecule has 1 amide bonds. The van der Waals surface area contributed by atoms with Crippen molar-refractivity contribution >= 4 is 5.91 Å². The first kappa shape index (κ1) is 11.9. The van der Waals surface area contributed by atoms with E-state index in [9.17, 15) is 4.79 Å². The number of aryl methyl sites for hydroxylation is 1. The van der Waals surface area contributed by atoms with Crippen molar-refractivity contribution in [2.75, 3.05) is 0 Å². The fraction of sp³-hybridized carbons (Fsp3) is 0.357. The molecule has 0 atom stereocenters. The van der Waals surface area contributed by atoms with Gasteiger partial charge in [0.2, 0.25) is 0 Å². The predicted molar refractivity (Wildman–Crippen MR) is 70.5 cm³/mol. The molecular formula is C14H16N4O. The van der Waals surface area contributed by atoms with Crippen LogP contribution in [-0.2, 0) is 6.54 Å². The first-order valence-corrected chi connectivity index (χ1v) is 6.47. The van der Waals surface area contributed by atoms with Gasteiger partial charge in [0.15, 0.2) is 0 Å². The highest BCUT2D eigenvalue weighted by Gasteiger charge is 2.34. The van der Waals surface area contributed by atoms with Crippen molar-refractivity contribution in [1.82, 2.24) is 20.1 Å². The number of carbonyl (C=O) groups excluding carboxylic acids is 1. The molecule has 0 aliphatic heterocycles. The maximum atomic E-state index is 12.5. The number of rotatable bonds is 4. The van der Waals surface area contributed by atoms with Crippen molar-refractivity contribution in [2.45, 2.75) is 32.4 Å². The van der Waals surface area contributed by atoms with Gasteiger partial charge in [-0.2, -0.15) is 5.10 Å². The quantitative estimate of drug-likeness (QED) is 0.909. The van der Waals surface area contributed by atoms with Crippen LogP contribution in [0.4, 0.5) is 0 Å². The second kappa shape index (κ2) is 4.84. The van der Waals surface area contributed by atoms with Crippen LogP contribution in [0.15, 0.2) is 30.5 Å². The van der Waals surface area contributed by atoms with E-state index in [0.29, 0.717) is 18.3 Å². The molecule has 0 spiro atoms. The number of nitrogens with one attached hydrogen (secondary N) is 1. The van der Waals surface area contributed by atoms with Gasteiger partial charge in [0.1, 0.15) is 5.69 Å². The van der Waals surface area contributed by atoms with Crippen LogP contribution in [0, 0.1) is 6.92 Å². The van der Waals surface area contributed by atoms with Gasteiger partial charge in [-0.05, 0) is 38.0 Å². The molecule has 5 heteroatoms. The van der Waals surface area contributed by atoms with Crippen LogP contribution in [0.25, 0.3) is 0 Å². The molecule has 19 heavy (non-hydrogen) atoms. The Morgan fingerprint density at radius 3 is 2.89 bits per heavy atom. The summed E-state index contributed by atoms with van der Waals surface area (Å²) in [6.07, 6.45) is 3.90. The minimum atomic E-state index is -0.0162. The fourth-order valence-electron chi connectivity index (χ4n) is 2.09. The highest BCUT2D eigenvalue weighted by molar-refractivity contribution is 5.92. The van der Waals surface area contributed by atoms with Gasteiger partial charge < -0.3 is 4.90 Å². The first-order chi connectivity index (χ1) is 9.24. The fourth-order valence-corrected chi connectivity index (χ4v) is 2.09. The minimum absolute atomic E-state index is 0.0162. The monoisotopic (exact) mass is 256 g/mol. The number of nitrogens with zero attached hydrogens (tertiary/aromatic N) is 3. The van der Waals surface area contributed by atoms with Gasteiger partial charge in [-0.3, -0.25) is 14.9 Å². The van der Waals surface area contributed by atoms with Gasteiger partial charge in [-0.25, -0.2) is 0 Å². The summed E-state index contributed by atoms with van der Waals surface area (Å²) in [7, 11) is 0. The lowest BCUT2D eigenvalue weighted by Crippen LogP contribution is -2.33. The van der Waals surface area contributed by atoms with Gasteiger partial charge in [0.25, 0.3) is 5.91 Å². The Hall–Kier alpha value is -2.17. The molecule has 1 N–H and O–H groups in total. The largest absolute Gasteiger partial charge is 0.328 e. The SMILES string of the molecule is Cc1cc(C(=O)N(Cc2ccccn2)C2CC2)n[nH]1. The molecule has 0 radical (unpaired) electrons. The van der Waals surface area contributed by atoms with E-state index in [1.807, 2.05) is 30.0 Å². The van der Waals surface area contributed by atoms with E-state index >= 15 is 0 Å². The van der Waals surface area contributed by atoms with Gasteiger partial charge in [0.05, 0.1) is 12.2 Å². The zero-order valence-electron chi connectivity index (χ0n) is 10.8. The smallest absolute Gasteiger partial charge is 0.274 e. The molecule has 1 saturated carbocycles. The maximum Gasteiger partial charge on any atom is 0.274 e. The Kier molecular flexibility index (Phi) is 3.03. The van der Waals surface area contributed by atoms with Crippen molar-refractivity contribution < 1.29 is 4.79 Å². The molecule has 2 heterocycles. The summed E-state index contributed by atoms with van der Waals surface area (Å²) in [5.74, 6) is -0.0162. The minimum Gasteiger partial charge on any atom is -0.328 e. The summed E-state index contributed by atoms with van der Waals surface area (Å²) < 4.78 is 0. The normalized spacial score (nSPS) is 14.4. The molecular weight excluding hydrogens is 240 g/mol. The van der Waals surface area contributed by atoms with E-state index < -0.39 is 0 Å². The summed E-state index contributed by atoms with van der Waals surface area (Å²) >= 11 is 0. The Labute approximate surface area is 111 Å². The second-order valence-corrected chi connectivity index (χ2v) is 4.92. The van der Waals surface area contributed by atoms with Crippen molar-refractivity contribution in [3.63, 3.8) is 0 Å². The summed E-state index contributed by atoms with van der Waals surface area (Å²) in [5.41, 5.74) is 2.30. The van der Waals surface area contributed by atoms with E-state index in [0.717, 1.165) is 24.2 Å². The molecule has 0 saturated heterocycles. The molecule has 0 bridgehead atoms. The van der Waals surface area contributed by atoms with Crippen LogP contribution in [0.5, 0.6) is 0 Å². The predicted octanol–water partition coefficient (Wildman–Crippen LogP) is 1.92. The number of carbonyl (C=O) groups is 1. The number of pyridine rings is 1. The zero-order valence-corrected chi connectivity index (χ0v) is 10.8. The maximum absolute atomic E-state index is 12.5. The van der Waals surface area contributed by atoms with Crippen LogP contribution in [0.2, 0.25) is 0 Å². The lowest BCUT2D eigenvalue weighted by molar-refractivity contribution is 0.0721. The number of H-pyrrole nitrogens is 1. The summed E-state index contributed by atoms with van der Waals surface area (Å²) in [6, 6.07) is 7.89. The molecule has 0 aromatic carbocycles. The number of aromatic amines is 1. The molecule has 5 nitrogen and oxygen atoms in total. The van der Waals surface area contributed by atoms with Crippen molar-refractivity contribution in [2.24, 2.45) is 0 Å². The third-order valence-electron chi connectivity index (χ3n) is 3.23.